The van der Waals surface area contributed by atoms with Gasteiger partial charge in [-0.15, -0.1) is 0 Å². The number of piperidine rings is 1. The lowest BCUT2D eigenvalue weighted by Gasteiger charge is -2.33. The second-order valence-electron chi connectivity index (χ2n) is 9.51. The van der Waals surface area contributed by atoms with E-state index in [-0.39, 0.29) is 24.1 Å². The van der Waals surface area contributed by atoms with Crippen molar-refractivity contribution in [2.75, 3.05) is 44.6 Å². The van der Waals surface area contributed by atoms with Crippen LogP contribution in [0.25, 0.3) is 0 Å². The second-order valence-corrected chi connectivity index (χ2v) is 9.51. The van der Waals surface area contributed by atoms with Crippen molar-refractivity contribution in [3.05, 3.63) is 64.3 Å². The van der Waals surface area contributed by atoms with E-state index in [0.717, 1.165) is 19.4 Å². The van der Waals surface area contributed by atoms with Gasteiger partial charge in [0.25, 0.3) is 5.69 Å². The third-order valence-corrected chi connectivity index (χ3v) is 6.51. The summed E-state index contributed by atoms with van der Waals surface area (Å²) in [6, 6.07) is 11.6. The number of carboxylic acids is 1. The molecule has 0 radical (unpaired) electrons. The summed E-state index contributed by atoms with van der Waals surface area (Å²) in [7, 11) is 4.63. The number of alkyl halides is 3. The number of anilines is 3. The molecule has 0 bridgehead atoms. The average molecular weight is 637 g/mol. The Morgan fingerprint density at radius 3 is 2.36 bits per heavy atom. The number of carbonyl (C=O) groups excluding carboxylic acids is 1. The number of methoxy groups -OCH3 is 3. The van der Waals surface area contributed by atoms with Crippen molar-refractivity contribution in [1.82, 2.24) is 15.3 Å². The van der Waals surface area contributed by atoms with Crippen molar-refractivity contribution in [2.24, 2.45) is 5.92 Å². The Morgan fingerprint density at radius 1 is 1.11 bits per heavy atom. The Hall–Kier alpha value is -5.35. The smallest absolute Gasteiger partial charge is 0.490 e. The predicted octanol–water partition coefficient (Wildman–Crippen LogP) is 4.32. The molecule has 242 valence electrons. The number of nitro benzene ring substituents is 1. The number of benzene rings is 2. The molecule has 1 aliphatic heterocycles. The first-order valence-corrected chi connectivity index (χ1v) is 13.3. The van der Waals surface area contributed by atoms with Crippen LogP contribution in [0.3, 0.4) is 0 Å². The first-order valence-electron chi connectivity index (χ1n) is 13.3. The molecule has 2 aromatic carbocycles. The highest BCUT2D eigenvalue weighted by Gasteiger charge is 2.38. The van der Waals surface area contributed by atoms with Gasteiger partial charge in [0.05, 0.1) is 32.2 Å². The molecular formula is C28H31F3N6O8. The fraction of sp³-hybridized carbons (Fsp3) is 0.357. The van der Waals surface area contributed by atoms with Gasteiger partial charge >= 0.3 is 12.1 Å². The molecule has 0 aliphatic carbocycles. The summed E-state index contributed by atoms with van der Waals surface area (Å²) in [6.07, 6.45) is -1.85. The zero-order chi connectivity index (χ0) is 33.1. The first kappa shape index (κ1) is 34.1. The molecule has 1 atom stereocenters. The second kappa shape index (κ2) is 15.4. The van der Waals surface area contributed by atoms with Crippen molar-refractivity contribution in [1.29, 1.82) is 0 Å². The molecule has 0 spiro atoms. The summed E-state index contributed by atoms with van der Waals surface area (Å²) in [4.78, 5) is 43.4. The number of hydrogen-bond acceptors (Lipinski definition) is 11. The molecule has 1 fully saturated rings. The largest absolute Gasteiger partial charge is 0.493 e. The van der Waals surface area contributed by atoms with Crippen LogP contribution in [-0.2, 0) is 16.1 Å². The zero-order valence-corrected chi connectivity index (χ0v) is 24.5. The molecule has 4 rings (SSSR count). The molecule has 14 nitrogen and oxygen atoms in total. The predicted molar refractivity (Wildman–Crippen MR) is 155 cm³/mol. The Bertz CT molecular complexity index is 1480. The standard InChI is InChI=1S/C26H30N6O6.C2HF3O2/c1-36-21-13-19(14-22(37-2)24(21)38-3)29-26-27-10-9-23(30-26)31-11-5-7-18(16-31)25(33)28-15-17-6-4-8-20(12-17)32(34)35;3-2(4,5)1(6)7/h4,6,8-10,12-14,18H,5,7,11,15-16H2,1-3H3,(H,28,33)(H,27,29,30);(H,6,7)/t18-;/m0./s1. The van der Waals surface area contributed by atoms with E-state index in [1.165, 1.54) is 12.1 Å². The SMILES string of the molecule is COc1cc(Nc2nccc(N3CCC[C@H](C(=O)NCc4cccc([N+](=O)[O-])c4)C3)n2)cc(OC)c1OC.O=C(O)C(F)(F)F. The number of nitrogens with one attached hydrogen (secondary N) is 2. The van der Waals surface area contributed by atoms with Crippen molar-refractivity contribution in [3.63, 3.8) is 0 Å². The maximum absolute atomic E-state index is 12.9. The molecule has 45 heavy (non-hydrogen) atoms. The van der Waals surface area contributed by atoms with Gasteiger partial charge in [-0.25, -0.2) is 9.78 Å². The minimum absolute atomic E-state index is 0.000272. The Labute approximate surface area is 255 Å². The molecule has 2 heterocycles. The third kappa shape index (κ3) is 9.57. The van der Waals surface area contributed by atoms with Crippen molar-refractivity contribution in [2.45, 2.75) is 25.6 Å². The number of halogens is 3. The minimum Gasteiger partial charge on any atom is -0.493 e. The van der Waals surface area contributed by atoms with Gasteiger partial charge in [0, 0.05) is 55.8 Å². The lowest BCUT2D eigenvalue weighted by Crippen LogP contribution is -2.43. The summed E-state index contributed by atoms with van der Waals surface area (Å²) in [6.45, 7) is 1.49. The topological polar surface area (TPSA) is 178 Å². The van der Waals surface area contributed by atoms with Crippen LogP contribution in [0.2, 0.25) is 0 Å². The summed E-state index contributed by atoms with van der Waals surface area (Å²) >= 11 is 0. The van der Waals surface area contributed by atoms with Crippen LogP contribution in [0, 0.1) is 16.0 Å². The Kier molecular flexibility index (Phi) is 11.7. The number of ether oxygens (including phenoxy) is 3. The number of carbonyl (C=O) groups is 2. The van der Waals surface area contributed by atoms with E-state index in [1.54, 1.807) is 51.8 Å². The summed E-state index contributed by atoms with van der Waals surface area (Å²) < 4.78 is 47.9. The maximum atomic E-state index is 12.9. The quantitative estimate of drug-likeness (QED) is 0.212. The number of non-ortho nitro benzene ring substituents is 1. The molecule has 0 saturated carbocycles. The van der Waals surface area contributed by atoms with Gasteiger partial charge in [0.1, 0.15) is 5.82 Å². The van der Waals surface area contributed by atoms with Gasteiger partial charge < -0.3 is 34.9 Å². The van der Waals surface area contributed by atoms with Crippen LogP contribution in [0.5, 0.6) is 17.2 Å². The third-order valence-electron chi connectivity index (χ3n) is 6.51. The lowest BCUT2D eigenvalue weighted by atomic mass is 9.97. The number of hydrogen-bond donors (Lipinski definition) is 3. The number of nitrogens with zero attached hydrogens (tertiary/aromatic N) is 4. The van der Waals surface area contributed by atoms with Crippen LogP contribution in [0.15, 0.2) is 48.7 Å². The van der Waals surface area contributed by atoms with Gasteiger partial charge in [-0.05, 0) is 24.5 Å². The average Bonchev–Trinajstić information content (AvgIpc) is 3.03. The minimum atomic E-state index is -5.08. The molecule has 17 heteroatoms. The van der Waals surface area contributed by atoms with Gasteiger partial charge in [0.15, 0.2) is 11.5 Å². The Morgan fingerprint density at radius 2 is 1.78 bits per heavy atom. The number of aliphatic carboxylic acids is 1. The molecule has 0 unspecified atom stereocenters. The normalized spacial score (nSPS) is 14.4. The maximum Gasteiger partial charge on any atom is 0.490 e. The monoisotopic (exact) mass is 636 g/mol. The molecular weight excluding hydrogens is 605 g/mol. The Balaban J connectivity index is 0.000000707. The molecule has 3 aromatic rings. The summed E-state index contributed by atoms with van der Waals surface area (Å²) in [5, 5.41) is 24.2. The molecule has 1 aromatic heterocycles. The van der Waals surface area contributed by atoms with Crippen LogP contribution < -0.4 is 29.7 Å². The zero-order valence-electron chi connectivity index (χ0n) is 24.5. The van der Waals surface area contributed by atoms with E-state index < -0.39 is 17.1 Å². The van der Waals surface area contributed by atoms with E-state index in [0.29, 0.717) is 46.8 Å². The van der Waals surface area contributed by atoms with Crippen LogP contribution in [-0.4, -0.2) is 72.5 Å². The number of rotatable bonds is 10. The van der Waals surface area contributed by atoms with Crippen LogP contribution in [0.4, 0.5) is 36.3 Å². The molecule has 1 amide bonds. The van der Waals surface area contributed by atoms with Crippen LogP contribution >= 0.6 is 0 Å². The van der Waals surface area contributed by atoms with Crippen LogP contribution in [0.1, 0.15) is 18.4 Å². The fourth-order valence-electron chi connectivity index (χ4n) is 4.38. The molecule has 1 saturated heterocycles. The van der Waals surface area contributed by atoms with Crippen molar-refractivity contribution >= 4 is 35.0 Å². The highest BCUT2D eigenvalue weighted by Crippen LogP contribution is 2.40. The van der Waals surface area contributed by atoms with Gasteiger partial charge in [-0.1, -0.05) is 12.1 Å². The van der Waals surface area contributed by atoms with E-state index >= 15 is 0 Å². The first-order chi connectivity index (χ1) is 21.4. The van der Waals surface area contributed by atoms with Gasteiger partial charge in [0.2, 0.25) is 17.6 Å². The fourth-order valence-corrected chi connectivity index (χ4v) is 4.38. The number of carboxylic acid groups (broad SMARTS) is 1. The lowest BCUT2D eigenvalue weighted by molar-refractivity contribution is -0.384. The number of nitro groups is 1. The van der Waals surface area contributed by atoms with Gasteiger partial charge in [-0.3, -0.25) is 14.9 Å². The van der Waals surface area contributed by atoms with E-state index in [2.05, 4.69) is 25.5 Å². The van der Waals surface area contributed by atoms with Crippen molar-refractivity contribution < 1.29 is 47.0 Å². The molecule has 3 N–H and O–H groups in total. The summed E-state index contributed by atoms with van der Waals surface area (Å²) in [5.41, 5.74) is 1.34. The van der Waals surface area contributed by atoms with Crippen molar-refractivity contribution in [3.8, 4) is 17.2 Å². The number of amides is 1. The highest BCUT2D eigenvalue weighted by atomic mass is 19.4. The van der Waals surface area contributed by atoms with Gasteiger partial charge in [-0.2, -0.15) is 18.2 Å². The molecule has 1 aliphatic rings. The van der Waals surface area contributed by atoms with E-state index in [4.69, 9.17) is 24.1 Å². The highest BCUT2D eigenvalue weighted by molar-refractivity contribution is 5.79. The van der Waals surface area contributed by atoms with E-state index in [1.807, 2.05) is 6.07 Å². The summed E-state index contributed by atoms with van der Waals surface area (Å²) in [5.74, 6) is -0.512. The van der Waals surface area contributed by atoms with E-state index in [9.17, 15) is 28.1 Å². The number of aromatic nitrogens is 2.